The van der Waals surface area contributed by atoms with Crippen LogP contribution in [0.25, 0.3) is 0 Å². The van der Waals surface area contributed by atoms with E-state index < -0.39 is 11.9 Å². The number of hydrogen-bond donors (Lipinski definition) is 0. The molecule has 7 rings (SSSR count). The normalized spacial score (nSPS) is 10.7. The van der Waals surface area contributed by atoms with Crippen LogP contribution in [0.2, 0.25) is 0 Å². The first kappa shape index (κ1) is 42.5. The van der Waals surface area contributed by atoms with Crippen LogP contribution in [0.1, 0.15) is 46.7 Å². The van der Waals surface area contributed by atoms with E-state index >= 15 is 0 Å². The molecule has 0 aliphatic rings. The van der Waals surface area contributed by atoms with E-state index in [9.17, 15) is 9.59 Å². The Labute approximate surface area is 364 Å². The Balaban J connectivity index is 1.02. The number of benzene rings is 7. The third-order valence-electron chi connectivity index (χ3n) is 10.3. The van der Waals surface area contributed by atoms with Gasteiger partial charge in [-0.15, -0.1) is 0 Å². The summed E-state index contributed by atoms with van der Waals surface area (Å²) in [5, 5.41) is 0. The van der Waals surface area contributed by atoms with Gasteiger partial charge in [-0.05, 0) is 138 Å². The first-order valence-corrected chi connectivity index (χ1v) is 20.8. The predicted octanol–water partition coefficient (Wildman–Crippen LogP) is 13.1. The molecule has 0 atom stereocenters. The Hall–Kier alpha value is -7.64. The molecule has 0 saturated carbocycles. The van der Waals surface area contributed by atoms with Crippen molar-refractivity contribution in [2.24, 2.45) is 0 Å². The van der Waals surface area contributed by atoms with Gasteiger partial charge in [0.2, 0.25) is 0 Å². The van der Waals surface area contributed by atoms with Crippen LogP contribution in [0.3, 0.4) is 0 Å². The molecule has 0 bridgehead atoms. The van der Waals surface area contributed by atoms with Gasteiger partial charge < -0.3 is 24.0 Å². The van der Waals surface area contributed by atoms with Crippen LogP contribution in [0.4, 0.5) is 34.1 Å². The molecule has 0 aliphatic heterocycles. The van der Waals surface area contributed by atoms with E-state index in [1.165, 1.54) is 34.4 Å². The van der Waals surface area contributed by atoms with Crippen LogP contribution in [-0.2, 0) is 45.1 Å². The van der Waals surface area contributed by atoms with Crippen molar-refractivity contribution < 1.29 is 23.8 Å². The number of para-hydroxylation sites is 1. The van der Waals surface area contributed by atoms with Gasteiger partial charge in [0, 0.05) is 46.3 Å². The van der Waals surface area contributed by atoms with Gasteiger partial charge in [0.25, 0.3) is 0 Å². The summed E-state index contributed by atoms with van der Waals surface area (Å²) in [4.78, 5) is 27.6. The molecular weight excluding hydrogens is 769 g/mol. The minimum Gasteiger partial charge on any atom is -0.494 e. The molecule has 0 unspecified atom stereocenters. The molecule has 7 heteroatoms. The zero-order chi connectivity index (χ0) is 43.1. The fourth-order valence-corrected chi connectivity index (χ4v) is 7.06. The topological polar surface area (TPSA) is 68.3 Å². The van der Waals surface area contributed by atoms with Gasteiger partial charge in [-0.2, -0.15) is 0 Å². The Bertz CT molecular complexity index is 2530. The molecule has 0 fully saturated rings. The molecule has 0 spiro atoms. The molecule has 0 heterocycles. The molecule has 0 amide bonds. The summed E-state index contributed by atoms with van der Waals surface area (Å²) in [5.74, 6) is -0.0438. The van der Waals surface area contributed by atoms with Gasteiger partial charge >= 0.3 is 11.9 Å². The van der Waals surface area contributed by atoms with Crippen LogP contribution in [0.15, 0.2) is 201 Å². The minimum atomic E-state index is -0.445. The van der Waals surface area contributed by atoms with Crippen LogP contribution in [0.5, 0.6) is 5.75 Å². The van der Waals surface area contributed by atoms with Crippen molar-refractivity contribution in [3.8, 4) is 5.75 Å². The van der Waals surface area contributed by atoms with Crippen LogP contribution >= 0.6 is 0 Å². The number of ether oxygens (including phenoxy) is 3. The average molecular weight is 819 g/mol. The molecule has 0 aromatic heterocycles. The molecule has 7 nitrogen and oxygen atoms in total. The number of nitrogens with zero attached hydrogens (tertiary/aromatic N) is 2. The SMILES string of the molecule is C=CC(=O)OCc1ccc(N(c2ccccc2)c2ccc(Cc3ccc(Cc4ccc(N(c5ccc(COC(=O)C=C)cc5)c5ccc(OCCC)cc5)cc4)cc3)cc2)cc1. The molecule has 62 heavy (non-hydrogen) atoms. The third-order valence-corrected chi connectivity index (χ3v) is 10.3. The Kier molecular flexibility index (Phi) is 14.4. The number of hydrogen-bond acceptors (Lipinski definition) is 7. The van der Waals surface area contributed by atoms with Crippen molar-refractivity contribution in [2.75, 3.05) is 16.4 Å². The predicted molar refractivity (Wildman–Crippen MR) is 250 cm³/mol. The van der Waals surface area contributed by atoms with Crippen molar-refractivity contribution in [2.45, 2.75) is 39.4 Å². The van der Waals surface area contributed by atoms with E-state index in [-0.39, 0.29) is 13.2 Å². The Morgan fingerprint density at radius 2 is 0.742 bits per heavy atom. The van der Waals surface area contributed by atoms with Crippen LogP contribution in [0, 0.1) is 0 Å². The summed E-state index contributed by atoms with van der Waals surface area (Å²) in [6.45, 7) is 10.1. The fraction of sp³-hybridized carbons (Fsp3) is 0.127. The zero-order valence-corrected chi connectivity index (χ0v) is 35.0. The summed E-state index contributed by atoms with van der Waals surface area (Å²) in [7, 11) is 0. The van der Waals surface area contributed by atoms with Gasteiger partial charge in [-0.3, -0.25) is 0 Å². The van der Waals surface area contributed by atoms with Gasteiger partial charge in [-0.25, -0.2) is 9.59 Å². The average Bonchev–Trinajstić information content (AvgIpc) is 3.32. The minimum absolute atomic E-state index is 0.184. The second-order valence-electron chi connectivity index (χ2n) is 14.8. The van der Waals surface area contributed by atoms with E-state index in [0.29, 0.717) is 6.61 Å². The number of esters is 2. The largest absolute Gasteiger partial charge is 0.494 e. The molecule has 7 aromatic rings. The maximum Gasteiger partial charge on any atom is 0.330 e. The van der Waals surface area contributed by atoms with Crippen molar-refractivity contribution >= 4 is 46.1 Å². The zero-order valence-electron chi connectivity index (χ0n) is 35.0. The van der Waals surface area contributed by atoms with Crippen molar-refractivity contribution in [3.63, 3.8) is 0 Å². The number of carbonyl (C=O) groups excluding carboxylic acids is 2. The summed E-state index contributed by atoms with van der Waals surface area (Å²) >= 11 is 0. The van der Waals surface area contributed by atoms with Gasteiger partial charge in [0.15, 0.2) is 0 Å². The van der Waals surface area contributed by atoms with Gasteiger partial charge in [-0.1, -0.05) is 111 Å². The fourth-order valence-electron chi connectivity index (χ4n) is 7.06. The molecule has 0 saturated heterocycles. The van der Waals surface area contributed by atoms with Crippen molar-refractivity contribution in [1.82, 2.24) is 0 Å². The first-order chi connectivity index (χ1) is 30.4. The second-order valence-corrected chi connectivity index (χ2v) is 14.8. The lowest BCUT2D eigenvalue weighted by molar-refractivity contribution is -0.139. The summed E-state index contributed by atoms with van der Waals surface area (Å²) in [6.07, 6.45) is 4.92. The third kappa shape index (κ3) is 11.3. The molecular formula is C55H50N2O5. The van der Waals surface area contributed by atoms with Crippen LogP contribution in [-0.4, -0.2) is 18.5 Å². The van der Waals surface area contributed by atoms with Gasteiger partial charge in [0.05, 0.1) is 6.61 Å². The van der Waals surface area contributed by atoms with E-state index in [2.05, 4.69) is 127 Å². The maximum absolute atomic E-state index is 11.6. The standard InChI is InChI=1S/C55H50N2O5/c1-4-36-60-53-34-32-52(33-35-53)57(51-30-22-46(23-31-51)40-62-55(59)6-3)49-26-18-44(19-27-49)38-42-14-12-41(13-15-42)37-43-16-24-48(25-17-43)56(47-10-8-7-9-11-47)50-28-20-45(21-29-50)39-61-54(58)5-2/h5-35H,2-4,36-40H2,1H3. The summed E-state index contributed by atoms with van der Waals surface area (Å²) < 4.78 is 16.3. The van der Waals surface area contributed by atoms with E-state index in [1.807, 2.05) is 78.9 Å². The van der Waals surface area contributed by atoms with Crippen molar-refractivity contribution in [3.05, 3.63) is 235 Å². The highest BCUT2D eigenvalue weighted by Gasteiger charge is 2.15. The first-order valence-electron chi connectivity index (χ1n) is 20.8. The number of anilines is 6. The van der Waals surface area contributed by atoms with Crippen molar-refractivity contribution in [1.29, 1.82) is 0 Å². The highest BCUT2D eigenvalue weighted by molar-refractivity contribution is 5.82. The van der Waals surface area contributed by atoms with E-state index in [0.717, 1.165) is 70.3 Å². The lowest BCUT2D eigenvalue weighted by atomic mass is 10.00. The van der Waals surface area contributed by atoms with E-state index in [4.69, 9.17) is 14.2 Å². The molecule has 310 valence electrons. The molecule has 7 aromatic carbocycles. The monoisotopic (exact) mass is 818 g/mol. The highest BCUT2D eigenvalue weighted by Crippen LogP contribution is 2.37. The Morgan fingerprint density at radius 3 is 1.08 bits per heavy atom. The molecule has 0 radical (unpaired) electrons. The quantitative estimate of drug-likeness (QED) is 0.0594. The smallest absolute Gasteiger partial charge is 0.330 e. The number of rotatable bonds is 19. The molecule has 0 aliphatic carbocycles. The van der Waals surface area contributed by atoms with Gasteiger partial charge in [0.1, 0.15) is 19.0 Å². The maximum atomic E-state index is 11.6. The number of carbonyl (C=O) groups is 2. The Morgan fingerprint density at radius 1 is 0.435 bits per heavy atom. The summed E-state index contributed by atoms with van der Waals surface area (Å²) in [6, 6.07) is 60.8. The van der Waals surface area contributed by atoms with Crippen LogP contribution < -0.4 is 14.5 Å². The molecule has 0 N–H and O–H groups in total. The lowest BCUT2D eigenvalue weighted by Crippen LogP contribution is -2.10. The highest BCUT2D eigenvalue weighted by atomic mass is 16.5. The summed E-state index contributed by atoms with van der Waals surface area (Å²) in [5.41, 5.74) is 12.8. The van der Waals surface area contributed by atoms with E-state index in [1.54, 1.807) is 0 Å². The second kappa shape index (κ2) is 21.1. The lowest BCUT2D eigenvalue weighted by Gasteiger charge is -2.26.